The third kappa shape index (κ3) is 2.24. The van der Waals surface area contributed by atoms with Crippen molar-refractivity contribution in [1.29, 1.82) is 0 Å². The molecule has 3 fully saturated rings. The lowest BCUT2D eigenvalue weighted by molar-refractivity contribution is -0.168. The summed E-state index contributed by atoms with van der Waals surface area (Å²) >= 11 is 0. The molecule has 0 aromatic heterocycles. The molecule has 1 spiro atoms. The molecule has 5 rings (SSSR count). The molecular weight excluding hydrogens is 400 g/mol. The molecule has 5 aliphatic rings. The number of esters is 2. The van der Waals surface area contributed by atoms with E-state index in [1.54, 1.807) is 0 Å². The Bertz CT molecular complexity index is 1010. The average Bonchev–Trinajstić information content (AvgIpc) is 3.21. The number of aliphatic hydroxyl groups is 1. The van der Waals surface area contributed by atoms with Gasteiger partial charge in [-0.25, -0.2) is 13.2 Å². The Hall–Kier alpha value is -1.71. The molecular formula is C20H24O8S. The number of hydrogen-bond acceptors (Lipinski definition) is 8. The van der Waals surface area contributed by atoms with Gasteiger partial charge in [0.25, 0.3) is 0 Å². The molecule has 2 aliphatic carbocycles. The molecule has 0 aromatic carbocycles. The van der Waals surface area contributed by atoms with Crippen LogP contribution in [0.5, 0.6) is 0 Å². The lowest BCUT2D eigenvalue weighted by atomic mass is 9.49. The molecule has 2 saturated heterocycles. The van der Waals surface area contributed by atoms with Crippen molar-refractivity contribution in [3.63, 3.8) is 0 Å². The van der Waals surface area contributed by atoms with Gasteiger partial charge in [0.15, 0.2) is 11.7 Å². The molecule has 0 aromatic rings. The lowest BCUT2D eigenvalue weighted by Gasteiger charge is -2.53. The number of sulfone groups is 1. The number of hydrogen-bond donors (Lipinski definition) is 1. The van der Waals surface area contributed by atoms with E-state index < -0.39 is 61.9 Å². The molecule has 9 heteroatoms. The highest BCUT2D eigenvalue weighted by Gasteiger charge is 2.84. The molecule has 0 bridgehead atoms. The van der Waals surface area contributed by atoms with Crippen LogP contribution < -0.4 is 0 Å². The first kappa shape index (κ1) is 19.3. The number of cyclic esters (lactones) is 1. The van der Waals surface area contributed by atoms with Gasteiger partial charge in [0, 0.05) is 23.7 Å². The maximum Gasteiger partial charge on any atom is 0.331 e. The highest BCUT2D eigenvalue weighted by Crippen LogP contribution is 2.72. The minimum Gasteiger partial charge on any atom is -0.458 e. The van der Waals surface area contributed by atoms with E-state index in [0.29, 0.717) is 12.0 Å². The van der Waals surface area contributed by atoms with E-state index in [0.717, 1.165) is 6.26 Å². The quantitative estimate of drug-likeness (QED) is 0.390. The minimum atomic E-state index is -3.58. The zero-order chi connectivity index (χ0) is 21.2. The largest absolute Gasteiger partial charge is 0.458 e. The smallest absolute Gasteiger partial charge is 0.331 e. The second-order valence-electron chi connectivity index (χ2n) is 9.79. The Balaban J connectivity index is 1.67. The highest BCUT2D eigenvalue weighted by molar-refractivity contribution is 7.90. The number of rotatable bonds is 3. The number of carbonyl (C=O) groups is 2. The summed E-state index contributed by atoms with van der Waals surface area (Å²) in [6, 6.07) is 0. The molecule has 0 unspecified atom stereocenters. The fourth-order valence-electron chi connectivity index (χ4n) is 6.50. The van der Waals surface area contributed by atoms with Crippen LogP contribution in [0, 0.1) is 16.7 Å². The maximum atomic E-state index is 12.7. The van der Waals surface area contributed by atoms with Crippen molar-refractivity contribution in [3.05, 3.63) is 23.8 Å². The monoisotopic (exact) mass is 424 g/mol. The Kier molecular flexibility index (Phi) is 3.40. The van der Waals surface area contributed by atoms with Crippen molar-refractivity contribution in [3.8, 4) is 0 Å². The Morgan fingerprint density at radius 1 is 1.28 bits per heavy atom. The minimum absolute atomic E-state index is 0.231. The summed E-state index contributed by atoms with van der Waals surface area (Å²) in [5, 5.41) is 11.1. The van der Waals surface area contributed by atoms with Crippen LogP contribution in [0.4, 0.5) is 0 Å². The first-order chi connectivity index (χ1) is 13.3. The van der Waals surface area contributed by atoms with Crippen molar-refractivity contribution in [2.45, 2.75) is 56.7 Å². The number of fused-ring (bicyclic) bond motifs is 2. The standard InChI is InChI=1S/C20H24O8S/c1-17-6-5-7-18(2)13(17)12(27-16(18)22)14-20(28-14)10(17)8-11(21)26-15(20)19(3,23)9-29(4,24)25/h5,7-8,12-15,23H,6,9H2,1-4H3/t12-,13+,14+,15+,17+,18-,19-,20-/m0/s1. The van der Waals surface area contributed by atoms with Crippen LogP contribution in [0.2, 0.25) is 0 Å². The summed E-state index contributed by atoms with van der Waals surface area (Å²) in [6.07, 6.45) is 4.37. The normalized spacial score (nSPS) is 49.1. The van der Waals surface area contributed by atoms with E-state index in [9.17, 15) is 23.1 Å². The van der Waals surface area contributed by atoms with Crippen molar-refractivity contribution >= 4 is 21.8 Å². The van der Waals surface area contributed by atoms with Crippen LogP contribution in [0.3, 0.4) is 0 Å². The van der Waals surface area contributed by atoms with Crippen molar-refractivity contribution in [2.24, 2.45) is 16.7 Å². The van der Waals surface area contributed by atoms with Crippen LogP contribution in [-0.2, 0) is 33.6 Å². The van der Waals surface area contributed by atoms with Gasteiger partial charge in [-0.15, -0.1) is 0 Å². The van der Waals surface area contributed by atoms with Gasteiger partial charge in [-0.3, -0.25) is 4.79 Å². The van der Waals surface area contributed by atoms with Crippen molar-refractivity contribution in [1.82, 2.24) is 0 Å². The zero-order valence-corrected chi connectivity index (χ0v) is 17.5. The van der Waals surface area contributed by atoms with Crippen LogP contribution in [0.1, 0.15) is 27.2 Å². The topological polar surface area (TPSA) is 120 Å². The summed E-state index contributed by atoms with van der Waals surface area (Å²) in [5.74, 6) is -1.82. The van der Waals surface area contributed by atoms with E-state index in [1.165, 1.54) is 13.0 Å². The summed E-state index contributed by atoms with van der Waals surface area (Å²) in [4.78, 5) is 25.2. The van der Waals surface area contributed by atoms with Gasteiger partial charge in [-0.1, -0.05) is 19.1 Å². The fraction of sp³-hybridized carbons (Fsp3) is 0.700. The van der Waals surface area contributed by atoms with Crippen LogP contribution in [0.15, 0.2) is 23.8 Å². The summed E-state index contributed by atoms with van der Waals surface area (Å²) < 4.78 is 41.2. The van der Waals surface area contributed by atoms with Gasteiger partial charge >= 0.3 is 11.9 Å². The molecule has 1 saturated carbocycles. The second kappa shape index (κ2) is 5.12. The number of allylic oxidation sites excluding steroid dienone is 1. The summed E-state index contributed by atoms with van der Waals surface area (Å²) in [5.41, 5.74) is -3.89. The third-order valence-corrected chi connectivity index (χ3v) is 8.49. The average molecular weight is 424 g/mol. The van der Waals surface area contributed by atoms with E-state index in [-0.39, 0.29) is 11.9 Å². The van der Waals surface area contributed by atoms with E-state index in [2.05, 4.69) is 0 Å². The maximum absolute atomic E-state index is 12.7. The Morgan fingerprint density at radius 3 is 2.62 bits per heavy atom. The van der Waals surface area contributed by atoms with Gasteiger partial charge in [0.05, 0.1) is 11.2 Å². The molecule has 158 valence electrons. The lowest BCUT2D eigenvalue weighted by Crippen LogP contribution is -2.64. The summed E-state index contributed by atoms with van der Waals surface area (Å²) in [6.45, 7) is 5.14. The Morgan fingerprint density at radius 2 is 1.97 bits per heavy atom. The summed E-state index contributed by atoms with van der Waals surface area (Å²) in [7, 11) is -3.58. The predicted octanol–water partition coefficient (Wildman–Crippen LogP) is 0.299. The molecule has 3 heterocycles. The van der Waals surface area contributed by atoms with Gasteiger partial charge in [-0.05, 0) is 25.8 Å². The van der Waals surface area contributed by atoms with Gasteiger partial charge in [-0.2, -0.15) is 0 Å². The molecule has 29 heavy (non-hydrogen) atoms. The molecule has 1 N–H and O–H groups in total. The third-order valence-electron chi connectivity index (χ3n) is 7.38. The fourth-order valence-corrected chi connectivity index (χ4v) is 7.72. The van der Waals surface area contributed by atoms with Crippen LogP contribution in [-0.4, -0.2) is 67.0 Å². The first-order valence-electron chi connectivity index (χ1n) is 9.66. The first-order valence-corrected chi connectivity index (χ1v) is 11.7. The van der Waals surface area contributed by atoms with Crippen molar-refractivity contribution in [2.75, 3.05) is 12.0 Å². The molecule has 0 amide bonds. The molecule has 8 atom stereocenters. The number of epoxide rings is 1. The van der Waals surface area contributed by atoms with Crippen molar-refractivity contribution < 1.29 is 37.3 Å². The van der Waals surface area contributed by atoms with Gasteiger partial charge in [0.1, 0.15) is 27.6 Å². The molecule has 3 aliphatic heterocycles. The van der Waals surface area contributed by atoms with Gasteiger partial charge in [0.2, 0.25) is 0 Å². The SMILES string of the molecule is C[C@](O)(CS(C)(=O)=O)[C@H]1OC(=O)C=C2[C@@]13O[C@@H]3[C@H]1OC(=O)[C@@]3(C)C=CC[C@@]2(C)[C@@H]13. The molecule has 8 nitrogen and oxygen atoms in total. The van der Waals surface area contributed by atoms with Crippen LogP contribution >= 0.6 is 0 Å². The number of ether oxygens (including phenoxy) is 3. The van der Waals surface area contributed by atoms with E-state index >= 15 is 0 Å². The van der Waals surface area contributed by atoms with E-state index in [4.69, 9.17) is 14.2 Å². The Labute approximate surface area is 168 Å². The van der Waals surface area contributed by atoms with E-state index in [1.807, 2.05) is 26.0 Å². The molecule has 0 radical (unpaired) electrons. The second-order valence-corrected chi connectivity index (χ2v) is 11.9. The number of carbonyl (C=O) groups excluding carboxylic acids is 2. The zero-order valence-electron chi connectivity index (χ0n) is 16.7. The predicted molar refractivity (Wildman–Crippen MR) is 99.2 cm³/mol. The highest BCUT2D eigenvalue weighted by atomic mass is 32.2. The van der Waals surface area contributed by atoms with Gasteiger partial charge < -0.3 is 19.3 Å². The van der Waals surface area contributed by atoms with Crippen LogP contribution in [0.25, 0.3) is 0 Å².